The standard InChI is InChI=1S/C16H10ClF3N2S/c17-12-8-11(16(18,19)20)6-7-13(12)21-15-22-14(9-23-15)10-4-2-1-3-5-10/h1-9H,(H,21,22). The smallest absolute Gasteiger partial charge is 0.330 e. The van der Waals surface area contributed by atoms with Crippen molar-refractivity contribution in [2.45, 2.75) is 6.18 Å². The van der Waals surface area contributed by atoms with Gasteiger partial charge in [0, 0.05) is 5.38 Å². The number of benzene rings is 2. The van der Waals surface area contributed by atoms with Crippen LogP contribution < -0.4 is 4.80 Å². The van der Waals surface area contributed by atoms with E-state index in [0.717, 1.165) is 23.4 Å². The third-order valence-electron chi connectivity index (χ3n) is 3.11. The Balaban J connectivity index is 1.95. The van der Waals surface area contributed by atoms with Crippen molar-refractivity contribution in [2.75, 3.05) is 0 Å². The van der Waals surface area contributed by atoms with Crippen LogP contribution in [-0.2, 0) is 6.18 Å². The first-order chi connectivity index (χ1) is 10.9. The molecule has 0 fully saturated rings. The molecular formula is C16H10ClF3N2S. The predicted octanol–water partition coefficient (Wildman–Crippen LogP) is 5.65. The third-order valence-corrected chi connectivity index (χ3v) is 4.18. The number of aromatic amines is 1. The Morgan fingerprint density at radius 1 is 1.04 bits per heavy atom. The number of hydrogen-bond acceptors (Lipinski definition) is 2. The summed E-state index contributed by atoms with van der Waals surface area (Å²) in [5.74, 6) is 0. The largest absolute Gasteiger partial charge is 0.416 e. The third kappa shape index (κ3) is 3.65. The highest BCUT2D eigenvalue weighted by molar-refractivity contribution is 7.07. The average Bonchev–Trinajstić information content (AvgIpc) is 2.98. The summed E-state index contributed by atoms with van der Waals surface area (Å²) in [6.45, 7) is 0. The molecule has 118 valence electrons. The van der Waals surface area contributed by atoms with Crippen molar-refractivity contribution in [3.8, 4) is 11.3 Å². The molecule has 0 saturated carbocycles. The van der Waals surface area contributed by atoms with Crippen molar-refractivity contribution in [1.82, 2.24) is 4.98 Å². The lowest BCUT2D eigenvalue weighted by atomic mass is 10.2. The van der Waals surface area contributed by atoms with Crippen molar-refractivity contribution < 1.29 is 13.2 Å². The molecule has 0 saturated heterocycles. The van der Waals surface area contributed by atoms with Gasteiger partial charge < -0.3 is 4.98 Å². The van der Waals surface area contributed by atoms with Crippen molar-refractivity contribution in [3.05, 3.63) is 69.3 Å². The van der Waals surface area contributed by atoms with E-state index in [4.69, 9.17) is 11.6 Å². The number of halogens is 4. The van der Waals surface area contributed by atoms with Crippen molar-refractivity contribution in [2.24, 2.45) is 4.99 Å². The molecule has 1 N–H and O–H groups in total. The SMILES string of the molecule is FC(F)(F)c1ccc(N=c2[nH]c(-c3ccccc3)cs2)c(Cl)c1. The predicted molar refractivity (Wildman–Crippen MR) is 85.8 cm³/mol. The van der Waals surface area contributed by atoms with Gasteiger partial charge in [-0.25, -0.2) is 4.99 Å². The molecule has 3 aromatic rings. The van der Waals surface area contributed by atoms with Crippen LogP contribution in [0.15, 0.2) is 58.9 Å². The minimum absolute atomic E-state index is 0.0390. The van der Waals surface area contributed by atoms with Gasteiger partial charge in [-0.05, 0) is 23.8 Å². The van der Waals surface area contributed by atoms with Crippen LogP contribution in [0.25, 0.3) is 11.3 Å². The van der Waals surface area contributed by atoms with E-state index < -0.39 is 11.7 Å². The van der Waals surface area contributed by atoms with Crippen LogP contribution in [0.5, 0.6) is 0 Å². The minimum Gasteiger partial charge on any atom is -0.330 e. The molecule has 0 radical (unpaired) electrons. The summed E-state index contributed by atoms with van der Waals surface area (Å²) in [4.78, 5) is 7.96. The maximum absolute atomic E-state index is 12.6. The number of H-pyrrole nitrogens is 1. The Labute approximate surface area is 138 Å². The Kier molecular flexibility index (Phi) is 4.28. The number of nitrogens with one attached hydrogen (secondary N) is 1. The molecule has 0 bridgehead atoms. The molecule has 0 unspecified atom stereocenters. The number of thiazole rings is 1. The van der Waals surface area contributed by atoms with Crippen LogP contribution in [0.4, 0.5) is 18.9 Å². The zero-order chi connectivity index (χ0) is 16.4. The minimum atomic E-state index is -4.42. The lowest BCUT2D eigenvalue weighted by molar-refractivity contribution is -0.137. The van der Waals surface area contributed by atoms with Gasteiger partial charge in [0.25, 0.3) is 0 Å². The summed E-state index contributed by atoms with van der Waals surface area (Å²) in [6, 6.07) is 12.8. The summed E-state index contributed by atoms with van der Waals surface area (Å²) >= 11 is 7.26. The summed E-state index contributed by atoms with van der Waals surface area (Å²) in [5.41, 5.74) is 1.39. The topological polar surface area (TPSA) is 28.1 Å². The number of rotatable bonds is 2. The van der Waals surface area contributed by atoms with Crippen LogP contribution in [-0.4, -0.2) is 4.98 Å². The molecule has 2 nitrogen and oxygen atoms in total. The van der Waals surface area contributed by atoms with Gasteiger partial charge in [0.15, 0.2) is 4.80 Å². The lowest BCUT2D eigenvalue weighted by Crippen LogP contribution is -2.04. The van der Waals surface area contributed by atoms with Crippen LogP contribution in [0.3, 0.4) is 0 Å². The van der Waals surface area contributed by atoms with Gasteiger partial charge in [-0.3, -0.25) is 0 Å². The molecule has 2 aromatic carbocycles. The van der Waals surface area contributed by atoms with Crippen molar-refractivity contribution in [1.29, 1.82) is 0 Å². The lowest BCUT2D eigenvalue weighted by Gasteiger charge is -2.07. The summed E-state index contributed by atoms with van der Waals surface area (Å²) in [7, 11) is 0. The Hall–Kier alpha value is -2.05. The van der Waals surface area contributed by atoms with Crippen molar-refractivity contribution >= 4 is 28.6 Å². The van der Waals surface area contributed by atoms with Crippen LogP contribution in [0, 0.1) is 0 Å². The number of aromatic nitrogens is 1. The van der Waals surface area contributed by atoms with Gasteiger partial charge in [-0.1, -0.05) is 41.9 Å². The fraction of sp³-hybridized carbons (Fsp3) is 0.0625. The first-order valence-corrected chi connectivity index (χ1v) is 7.84. The fourth-order valence-corrected chi connectivity index (χ4v) is 2.95. The van der Waals surface area contributed by atoms with Gasteiger partial charge in [-0.2, -0.15) is 13.2 Å². The normalized spacial score (nSPS) is 12.6. The average molecular weight is 355 g/mol. The van der Waals surface area contributed by atoms with Crippen LogP contribution in [0.1, 0.15) is 5.56 Å². The van der Waals surface area contributed by atoms with E-state index in [1.807, 2.05) is 35.7 Å². The zero-order valence-corrected chi connectivity index (χ0v) is 13.1. The molecule has 0 aliphatic rings. The molecule has 0 spiro atoms. The molecule has 0 aliphatic carbocycles. The maximum Gasteiger partial charge on any atom is 0.416 e. The van der Waals surface area contributed by atoms with E-state index in [1.165, 1.54) is 17.4 Å². The molecule has 23 heavy (non-hydrogen) atoms. The highest BCUT2D eigenvalue weighted by Gasteiger charge is 2.30. The van der Waals surface area contributed by atoms with E-state index >= 15 is 0 Å². The molecule has 7 heteroatoms. The van der Waals surface area contributed by atoms with E-state index in [9.17, 15) is 13.2 Å². The summed E-state index contributed by atoms with van der Waals surface area (Å²) < 4.78 is 37.9. The Morgan fingerprint density at radius 2 is 1.78 bits per heavy atom. The van der Waals surface area contributed by atoms with E-state index in [-0.39, 0.29) is 10.7 Å². The number of nitrogens with zero attached hydrogens (tertiary/aromatic N) is 1. The maximum atomic E-state index is 12.6. The van der Waals surface area contributed by atoms with Crippen molar-refractivity contribution in [3.63, 3.8) is 0 Å². The highest BCUT2D eigenvalue weighted by Crippen LogP contribution is 2.34. The monoisotopic (exact) mass is 354 g/mol. The Morgan fingerprint density at radius 3 is 2.43 bits per heavy atom. The number of alkyl halides is 3. The highest BCUT2D eigenvalue weighted by atomic mass is 35.5. The van der Waals surface area contributed by atoms with Gasteiger partial charge in [0.05, 0.1) is 22.0 Å². The summed E-state index contributed by atoms with van der Waals surface area (Å²) in [6.07, 6.45) is -4.42. The first kappa shape index (κ1) is 15.8. The quantitative estimate of drug-likeness (QED) is 0.616. The van der Waals surface area contributed by atoms with E-state index in [1.54, 1.807) is 0 Å². The second-order valence-electron chi connectivity index (χ2n) is 4.72. The first-order valence-electron chi connectivity index (χ1n) is 6.58. The van der Waals surface area contributed by atoms with E-state index in [2.05, 4.69) is 9.98 Å². The van der Waals surface area contributed by atoms with Gasteiger partial charge in [0.2, 0.25) is 0 Å². The Bertz CT molecular complexity index is 882. The summed E-state index contributed by atoms with van der Waals surface area (Å²) in [5, 5.41) is 1.86. The molecule has 0 amide bonds. The van der Waals surface area contributed by atoms with Crippen LogP contribution in [0.2, 0.25) is 5.02 Å². The van der Waals surface area contributed by atoms with Gasteiger partial charge in [0.1, 0.15) is 0 Å². The van der Waals surface area contributed by atoms with Gasteiger partial charge in [-0.15, -0.1) is 11.3 Å². The fourth-order valence-electron chi connectivity index (χ4n) is 1.98. The molecular weight excluding hydrogens is 345 g/mol. The van der Waals surface area contributed by atoms with Crippen LogP contribution >= 0.6 is 22.9 Å². The molecule has 3 rings (SSSR count). The number of hydrogen-bond donors (Lipinski definition) is 1. The molecule has 0 atom stereocenters. The van der Waals surface area contributed by atoms with E-state index in [0.29, 0.717) is 4.80 Å². The van der Waals surface area contributed by atoms with Gasteiger partial charge >= 0.3 is 6.18 Å². The molecule has 1 heterocycles. The second-order valence-corrected chi connectivity index (χ2v) is 5.99. The molecule has 0 aliphatic heterocycles. The zero-order valence-electron chi connectivity index (χ0n) is 11.6. The second kappa shape index (κ2) is 6.22. The molecule has 1 aromatic heterocycles.